The molecule has 0 saturated heterocycles. The number of aliphatic hydroxyl groups is 1. The molecule has 0 radical (unpaired) electrons. The van der Waals surface area contributed by atoms with Crippen LogP contribution in [-0.4, -0.2) is 16.3 Å². The summed E-state index contributed by atoms with van der Waals surface area (Å²) in [4.78, 5) is 5.78. The van der Waals surface area contributed by atoms with Crippen molar-refractivity contribution in [2.45, 2.75) is 39.8 Å². The molecule has 1 N–H and O–H groups in total. The van der Waals surface area contributed by atoms with Gasteiger partial charge in [-0.1, -0.05) is 30.7 Å². The minimum absolute atomic E-state index is 0.0389. The van der Waals surface area contributed by atoms with Crippen LogP contribution in [0.4, 0.5) is 0 Å². The fraction of sp³-hybridized carbons (Fsp3) is 0.438. The number of hydrogen-bond donors (Lipinski definition) is 1. The number of hydrogen-bond acceptors (Lipinski definition) is 3. The maximum absolute atomic E-state index is 9.24. The van der Waals surface area contributed by atoms with E-state index in [9.17, 15) is 5.11 Å². The first-order valence-corrected chi connectivity index (χ1v) is 8.41. The molecule has 114 valence electrons. The van der Waals surface area contributed by atoms with Gasteiger partial charge in [-0.05, 0) is 37.5 Å². The van der Waals surface area contributed by atoms with Gasteiger partial charge in [0.2, 0.25) is 0 Å². The van der Waals surface area contributed by atoms with Crippen molar-refractivity contribution in [2.75, 3.05) is 6.61 Å². The molecule has 0 aliphatic carbocycles. The van der Waals surface area contributed by atoms with Gasteiger partial charge in [0, 0.05) is 22.6 Å². The summed E-state index contributed by atoms with van der Waals surface area (Å²) < 4.78 is 2.10. The van der Waals surface area contributed by atoms with Gasteiger partial charge < -0.3 is 9.67 Å². The molecule has 1 atom stereocenters. The van der Waals surface area contributed by atoms with Crippen molar-refractivity contribution in [2.24, 2.45) is 4.99 Å². The molecule has 0 spiro atoms. The van der Waals surface area contributed by atoms with Crippen molar-refractivity contribution in [1.82, 2.24) is 4.57 Å². The Morgan fingerprint density at radius 3 is 2.86 bits per heavy atom. The summed E-state index contributed by atoms with van der Waals surface area (Å²) in [6.45, 7) is 6.93. The minimum atomic E-state index is 0.0389. The van der Waals surface area contributed by atoms with Gasteiger partial charge in [0.1, 0.15) is 0 Å². The first kappa shape index (κ1) is 16.3. The van der Waals surface area contributed by atoms with Crippen LogP contribution in [-0.2, 0) is 13.0 Å². The van der Waals surface area contributed by atoms with Crippen molar-refractivity contribution in [3.63, 3.8) is 0 Å². The van der Waals surface area contributed by atoms with Crippen LogP contribution in [0.25, 0.3) is 0 Å². The number of halogens is 1. The number of aryl methyl sites for hydroxylation is 1. The Balaban J connectivity index is 2.43. The molecule has 1 aromatic heterocycles. The van der Waals surface area contributed by atoms with E-state index in [4.69, 9.17) is 16.6 Å². The maximum atomic E-state index is 9.24. The van der Waals surface area contributed by atoms with Crippen molar-refractivity contribution >= 4 is 22.9 Å². The molecular weight excluding hydrogens is 304 g/mol. The van der Waals surface area contributed by atoms with Crippen LogP contribution in [0.15, 0.2) is 28.6 Å². The smallest absolute Gasteiger partial charge is 0.185 e. The number of nitrogens with zero attached hydrogens (tertiary/aromatic N) is 2. The van der Waals surface area contributed by atoms with Crippen LogP contribution in [0.5, 0.6) is 0 Å². The fourth-order valence-electron chi connectivity index (χ4n) is 2.40. The van der Waals surface area contributed by atoms with E-state index >= 15 is 0 Å². The van der Waals surface area contributed by atoms with Crippen LogP contribution >= 0.6 is 22.9 Å². The molecule has 2 aromatic rings. The van der Waals surface area contributed by atoms with Crippen molar-refractivity contribution in [1.29, 1.82) is 0 Å². The molecule has 0 fully saturated rings. The largest absolute Gasteiger partial charge is 0.395 e. The average molecular weight is 325 g/mol. The summed E-state index contributed by atoms with van der Waals surface area (Å²) in [5.41, 5.74) is 3.43. The van der Waals surface area contributed by atoms with E-state index in [-0.39, 0.29) is 12.6 Å². The molecule has 21 heavy (non-hydrogen) atoms. The molecule has 2 rings (SSSR count). The first-order valence-electron chi connectivity index (χ1n) is 7.15. The summed E-state index contributed by atoms with van der Waals surface area (Å²) in [7, 11) is 0. The van der Waals surface area contributed by atoms with Crippen LogP contribution < -0.4 is 4.80 Å². The maximum Gasteiger partial charge on any atom is 0.185 e. The van der Waals surface area contributed by atoms with E-state index in [0.717, 1.165) is 27.4 Å². The fourth-order valence-corrected chi connectivity index (χ4v) is 3.67. The zero-order valence-corrected chi connectivity index (χ0v) is 14.2. The lowest BCUT2D eigenvalue weighted by Gasteiger charge is -2.12. The zero-order chi connectivity index (χ0) is 15.4. The zero-order valence-electron chi connectivity index (χ0n) is 12.6. The third-order valence-electron chi connectivity index (χ3n) is 3.63. The highest BCUT2D eigenvalue weighted by molar-refractivity contribution is 7.07. The Bertz CT molecular complexity index is 675. The first-order chi connectivity index (χ1) is 10.1. The van der Waals surface area contributed by atoms with Gasteiger partial charge in [0.15, 0.2) is 4.80 Å². The summed E-state index contributed by atoms with van der Waals surface area (Å²) in [5, 5.41) is 12.1. The Morgan fingerprint density at radius 1 is 1.43 bits per heavy atom. The monoisotopic (exact) mass is 324 g/mol. The van der Waals surface area contributed by atoms with Crippen molar-refractivity contribution in [3.05, 3.63) is 50.2 Å². The number of rotatable bonds is 5. The van der Waals surface area contributed by atoms with Crippen LogP contribution in [0.2, 0.25) is 5.02 Å². The molecular formula is C16H21ClN2OS. The van der Waals surface area contributed by atoms with Crippen molar-refractivity contribution < 1.29 is 5.11 Å². The van der Waals surface area contributed by atoms with Gasteiger partial charge in [-0.25, -0.2) is 0 Å². The minimum Gasteiger partial charge on any atom is -0.395 e. The predicted octanol–water partition coefficient (Wildman–Crippen LogP) is 3.73. The van der Waals surface area contributed by atoms with Gasteiger partial charge in [0.25, 0.3) is 0 Å². The van der Waals surface area contributed by atoms with Crippen LogP contribution in [0.1, 0.15) is 36.7 Å². The highest BCUT2D eigenvalue weighted by atomic mass is 35.5. The van der Waals surface area contributed by atoms with E-state index < -0.39 is 0 Å². The summed E-state index contributed by atoms with van der Waals surface area (Å²) in [5.74, 6) is 0. The van der Waals surface area contributed by atoms with Crippen LogP contribution in [0.3, 0.4) is 0 Å². The third-order valence-corrected chi connectivity index (χ3v) is 4.96. The predicted molar refractivity (Wildman–Crippen MR) is 88.9 cm³/mol. The summed E-state index contributed by atoms with van der Waals surface area (Å²) in [6, 6.07) is 5.97. The third kappa shape index (κ3) is 3.57. The molecule has 1 heterocycles. The average Bonchev–Trinajstić information content (AvgIpc) is 2.84. The lowest BCUT2D eigenvalue weighted by atomic mass is 10.0. The van der Waals surface area contributed by atoms with E-state index in [2.05, 4.69) is 29.9 Å². The van der Waals surface area contributed by atoms with Crippen LogP contribution in [0, 0.1) is 6.92 Å². The van der Waals surface area contributed by atoms with Gasteiger partial charge >= 0.3 is 0 Å². The molecule has 3 nitrogen and oxygen atoms in total. The van der Waals surface area contributed by atoms with E-state index in [1.54, 1.807) is 11.3 Å². The SMILES string of the molecule is CCc1csc(=NC(C)c2cccc(Cl)c2C)n1CCO. The van der Waals surface area contributed by atoms with E-state index in [1.165, 1.54) is 5.69 Å². The Morgan fingerprint density at radius 2 is 2.19 bits per heavy atom. The normalized spacial score (nSPS) is 13.7. The second-order valence-corrected chi connectivity index (χ2v) is 6.24. The molecule has 1 aromatic carbocycles. The Kier molecular flexibility index (Phi) is 5.62. The molecule has 1 unspecified atom stereocenters. The van der Waals surface area contributed by atoms with Gasteiger partial charge in [0.05, 0.1) is 12.6 Å². The quantitative estimate of drug-likeness (QED) is 0.894. The molecule has 0 bridgehead atoms. The number of aliphatic hydroxyl groups excluding tert-OH is 1. The lowest BCUT2D eigenvalue weighted by molar-refractivity contribution is 0.272. The molecule has 5 heteroatoms. The Labute approximate surface area is 134 Å². The molecule has 0 amide bonds. The number of aromatic nitrogens is 1. The number of benzene rings is 1. The standard InChI is InChI=1S/C16H21ClN2OS/c1-4-13-10-21-16(19(13)8-9-20)18-12(3)14-6-5-7-15(17)11(14)2/h5-7,10,12,20H,4,8-9H2,1-3H3. The second-order valence-electron chi connectivity index (χ2n) is 5.00. The van der Waals surface area contributed by atoms with E-state index in [1.807, 2.05) is 19.1 Å². The van der Waals surface area contributed by atoms with Gasteiger partial charge in [-0.3, -0.25) is 4.99 Å². The molecule has 0 aliphatic heterocycles. The lowest BCUT2D eigenvalue weighted by Crippen LogP contribution is -2.20. The Hall–Kier alpha value is -1.10. The highest BCUT2D eigenvalue weighted by Gasteiger charge is 2.10. The molecule has 0 saturated carbocycles. The number of thiazole rings is 1. The summed E-state index contributed by atoms with van der Waals surface area (Å²) >= 11 is 7.82. The van der Waals surface area contributed by atoms with Crippen molar-refractivity contribution in [3.8, 4) is 0 Å². The topological polar surface area (TPSA) is 37.5 Å². The van der Waals surface area contributed by atoms with Gasteiger partial charge in [-0.2, -0.15) is 0 Å². The van der Waals surface area contributed by atoms with Gasteiger partial charge in [-0.15, -0.1) is 11.3 Å². The summed E-state index contributed by atoms with van der Waals surface area (Å²) in [6.07, 6.45) is 0.941. The second kappa shape index (κ2) is 7.25. The highest BCUT2D eigenvalue weighted by Crippen LogP contribution is 2.25. The molecule has 0 aliphatic rings. The van der Waals surface area contributed by atoms with E-state index in [0.29, 0.717) is 6.54 Å².